The molecule has 13 heavy (non-hydrogen) atoms. The Kier molecular flexibility index (Phi) is 2.36. The molecule has 0 amide bonds. The number of aldehydes is 1. The van der Waals surface area contributed by atoms with Gasteiger partial charge in [0.2, 0.25) is 0 Å². The lowest BCUT2D eigenvalue weighted by Gasteiger charge is -2.06. The van der Waals surface area contributed by atoms with Gasteiger partial charge in [-0.05, 0) is 18.6 Å². The molecule has 0 saturated carbocycles. The molecule has 0 atom stereocenters. The number of nitrogens with zero attached hydrogens (tertiary/aromatic N) is 1. The van der Waals surface area contributed by atoms with Crippen LogP contribution in [0, 0.1) is 6.92 Å². The van der Waals surface area contributed by atoms with E-state index in [1.807, 2.05) is 0 Å². The van der Waals surface area contributed by atoms with Crippen molar-refractivity contribution in [2.75, 3.05) is 0 Å². The third-order valence-electron chi connectivity index (χ3n) is 1.56. The minimum Gasteiger partial charge on any atom is -0.298 e. The fraction of sp³-hybridized carbons (Fsp3) is 0.250. The monoisotopic (exact) mass is 189 g/mol. The van der Waals surface area contributed by atoms with Crippen molar-refractivity contribution in [3.05, 3.63) is 29.1 Å². The van der Waals surface area contributed by atoms with Gasteiger partial charge in [0, 0.05) is 11.8 Å². The second-order valence-electron chi connectivity index (χ2n) is 2.54. The number of carbonyl (C=O) groups is 1. The predicted molar refractivity (Wildman–Crippen MR) is 39.4 cm³/mol. The molecule has 0 saturated heterocycles. The second kappa shape index (κ2) is 3.16. The summed E-state index contributed by atoms with van der Waals surface area (Å²) in [7, 11) is 0. The van der Waals surface area contributed by atoms with E-state index in [0.717, 1.165) is 12.3 Å². The Labute approximate surface area is 72.4 Å². The summed E-state index contributed by atoms with van der Waals surface area (Å²) in [4.78, 5) is 13.5. The van der Waals surface area contributed by atoms with Crippen molar-refractivity contribution in [3.63, 3.8) is 0 Å². The molecule has 5 heteroatoms. The van der Waals surface area contributed by atoms with Crippen molar-refractivity contribution >= 4 is 6.29 Å². The zero-order valence-electron chi connectivity index (χ0n) is 6.72. The van der Waals surface area contributed by atoms with Crippen molar-refractivity contribution in [1.82, 2.24) is 4.98 Å². The van der Waals surface area contributed by atoms with Gasteiger partial charge < -0.3 is 0 Å². The lowest BCUT2D eigenvalue weighted by atomic mass is 10.1. The third-order valence-corrected chi connectivity index (χ3v) is 1.56. The highest BCUT2D eigenvalue weighted by Gasteiger charge is 2.32. The van der Waals surface area contributed by atoms with Crippen molar-refractivity contribution in [2.24, 2.45) is 0 Å². The summed E-state index contributed by atoms with van der Waals surface area (Å²) in [6.07, 6.45) is -3.08. The van der Waals surface area contributed by atoms with Crippen LogP contribution in [0.5, 0.6) is 0 Å². The SMILES string of the molecule is Cc1cnc(C(F)(F)F)cc1C=O. The Balaban J connectivity index is 3.21. The molecule has 1 aromatic heterocycles. The normalized spacial score (nSPS) is 11.4. The summed E-state index contributed by atoms with van der Waals surface area (Å²) < 4.78 is 36.2. The number of alkyl halides is 3. The summed E-state index contributed by atoms with van der Waals surface area (Å²) in [5.41, 5.74) is -0.592. The van der Waals surface area contributed by atoms with Crippen LogP contribution in [0.3, 0.4) is 0 Å². The molecule has 0 bridgehead atoms. The Morgan fingerprint density at radius 1 is 1.46 bits per heavy atom. The van der Waals surface area contributed by atoms with Crippen LogP contribution >= 0.6 is 0 Å². The summed E-state index contributed by atoms with van der Waals surface area (Å²) in [5, 5.41) is 0. The van der Waals surface area contributed by atoms with Crippen LogP contribution in [0.2, 0.25) is 0 Å². The van der Waals surface area contributed by atoms with Crippen molar-refractivity contribution in [2.45, 2.75) is 13.1 Å². The molecule has 1 heterocycles. The minimum atomic E-state index is -4.49. The molecule has 0 N–H and O–H groups in total. The number of aryl methyl sites for hydroxylation is 1. The Morgan fingerprint density at radius 3 is 2.54 bits per heavy atom. The van der Waals surface area contributed by atoms with Crippen LogP contribution in [0.4, 0.5) is 13.2 Å². The van der Waals surface area contributed by atoms with Crippen LogP contribution in [0.15, 0.2) is 12.3 Å². The number of carbonyl (C=O) groups excluding carboxylic acids is 1. The number of hydrogen-bond donors (Lipinski definition) is 0. The average Bonchev–Trinajstić information content (AvgIpc) is 2.03. The third kappa shape index (κ3) is 2.05. The van der Waals surface area contributed by atoms with Crippen molar-refractivity contribution < 1.29 is 18.0 Å². The maximum absolute atomic E-state index is 12.1. The van der Waals surface area contributed by atoms with Gasteiger partial charge in [0.05, 0.1) is 0 Å². The first-order valence-corrected chi connectivity index (χ1v) is 3.44. The fourth-order valence-electron chi connectivity index (χ4n) is 0.821. The molecule has 0 unspecified atom stereocenters. The van der Waals surface area contributed by atoms with Gasteiger partial charge in [-0.15, -0.1) is 0 Å². The van der Waals surface area contributed by atoms with Crippen LogP contribution in [-0.2, 0) is 6.18 Å². The first-order valence-electron chi connectivity index (χ1n) is 3.44. The van der Waals surface area contributed by atoms with Gasteiger partial charge in [-0.25, -0.2) is 0 Å². The van der Waals surface area contributed by atoms with E-state index in [4.69, 9.17) is 0 Å². The molecule has 1 aromatic rings. The van der Waals surface area contributed by atoms with Gasteiger partial charge in [0.15, 0.2) is 0 Å². The van der Waals surface area contributed by atoms with E-state index in [0.29, 0.717) is 11.8 Å². The van der Waals surface area contributed by atoms with Crippen LogP contribution in [0.25, 0.3) is 0 Å². The smallest absolute Gasteiger partial charge is 0.298 e. The zero-order valence-corrected chi connectivity index (χ0v) is 6.72. The first kappa shape index (κ1) is 9.70. The molecule has 0 aliphatic rings. The molecule has 0 fully saturated rings. The van der Waals surface area contributed by atoms with Gasteiger partial charge in [0.1, 0.15) is 12.0 Å². The number of hydrogen-bond acceptors (Lipinski definition) is 2. The molecule has 70 valence electrons. The van der Waals surface area contributed by atoms with Crippen LogP contribution in [0.1, 0.15) is 21.6 Å². The topological polar surface area (TPSA) is 30.0 Å². The number of pyridine rings is 1. The summed E-state index contributed by atoms with van der Waals surface area (Å²) in [5.74, 6) is 0. The lowest BCUT2D eigenvalue weighted by molar-refractivity contribution is -0.141. The summed E-state index contributed by atoms with van der Waals surface area (Å²) in [6, 6.07) is 0.738. The van der Waals surface area contributed by atoms with E-state index in [1.54, 1.807) is 0 Å². The van der Waals surface area contributed by atoms with E-state index in [1.165, 1.54) is 6.92 Å². The Morgan fingerprint density at radius 2 is 2.08 bits per heavy atom. The highest BCUT2D eigenvalue weighted by molar-refractivity contribution is 5.76. The largest absolute Gasteiger partial charge is 0.433 e. The second-order valence-corrected chi connectivity index (χ2v) is 2.54. The number of aromatic nitrogens is 1. The Bertz CT molecular complexity index is 333. The van der Waals surface area contributed by atoms with E-state index in [2.05, 4.69) is 4.98 Å². The maximum atomic E-state index is 12.1. The van der Waals surface area contributed by atoms with Crippen molar-refractivity contribution in [1.29, 1.82) is 0 Å². The van der Waals surface area contributed by atoms with Crippen molar-refractivity contribution in [3.8, 4) is 0 Å². The molecular formula is C8H6F3NO. The molecule has 0 spiro atoms. The Hall–Kier alpha value is -1.39. The van der Waals surface area contributed by atoms with E-state index in [-0.39, 0.29) is 5.56 Å². The molecule has 0 aliphatic heterocycles. The van der Waals surface area contributed by atoms with Gasteiger partial charge in [0.25, 0.3) is 0 Å². The lowest BCUT2D eigenvalue weighted by Crippen LogP contribution is -2.08. The van der Waals surface area contributed by atoms with Gasteiger partial charge in [-0.2, -0.15) is 13.2 Å². The van der Waals surface area contributed by atoms with Gasteiger partial charge in [-0.1, -0.05) is 0 Å². The van der Waals surface area contributed by atoms with E-state index < -0.39 is 11.9 Å². The first-order chi connectivity index (χ1) is 5.95. The molecule has 0 aliphatic carbocycles. The van der Waals surface area contributed by atoms with Crippen LogP contribution in [-0.4, -0.2) is 11.3 Å². The standard InChI is InChI=1S/C8H6F3NO/c1-5-3-12-7(8(9,10)11)2-6(5)4-13/h2-4H,1H3. The van der Waals surface area contributed by atoms with E-state index in [9.17, 15) is 18.0 Å². The summed E-state index contributed by atoms with van der Waals surface area (Å²) in [6.45, 7) is 1.52. The molecule has 2 nitrogen and oxygen atoms in total. The highest BCUT2D eigenvalue weighted by atomic mass is 19.4. The quantitative estimate of drug-likeness (QED) is 0.634. The summed E-state index contributed by atoms with van der Waals surface area (Å²) >= 11 is 0. The van der Waals surface area contributed by atoms with Gasteiger partial charge in [-0.3, -0.25) is 9.78 Å². The van der Waals surface area contributed by atoms with Gasteiger partial charge >= 0.3 is 6.18 Å². The fourth-order valence-corrected chi connectivity index (χ4v) is 0.821. The van der Waals surface area contributed by atoms with E-state index >= 15 is 0 Å². The molecular weight excluding hydrogens is 183 g/mol. The average molecular weight is 189 g/mol. The zero-order chi connectivity index (χ0) is 10.1. The minimum absolute atomic E-state index is 0.0160. The molecule has 1 rings (SSSR count). The highest BCUT2D eigenvalue weighted by Crippen LogP contribution is 2.28. The number of halogens is 3. The predicted octanol–water partition coefficient (Wildman–Crippen LogP) is 2.22. The molecule has 0 aromatic carbocycles. The number of rotatable bonds is 1. The molecule has 0 radical (unpaired) electrons. The maximum Gasteiger partial charge on any atom is 0.433 e. The van der Waals surface area contributed by atoms with Crippen LogP contribution < -0.4 is 0 Å².